The Hall–Kier alpha value is -2.01. The number of benzene rings is 1. The summed E-state index contributed by atoms with van der Waals surface area (Å²) in [5.74, 6) is 0.466. The topological polar surface area (TPSA) is 55.8 Å². The van der Waals surface area contributed by atoms with Gasteiger partial charge in [-0.25, -0.2) is 4.79 Å². The third kappa shape index (κ3) is 3.11. The van der Waals surface area contributed by atoms with Crippen LogP contribution in [-0.2, 0) is 0 Å². The molecule has 0 saturated heterocycles. The van der Waals surface area contributed by atoms with Gasteiger partial charge in [-0.3, -0.25) is 0 Å². The monoisotopic (exact) mass is 292 g/mol. The van der Waals surface area contributed by atoms with E-state index in [1.807, 2.05) is 32.0 Å². The van der Waals surface area contributed by atoms with Crippen LogP contribution in [-0.4, -0.2) is 24.3 Å². The zero-order valence-corrected chi connectivity index (χ0v) is 12.2. The van der Waals surface area contributed by atoms with Gasteiger partial charge in [-0.2, -0.15) is 0 Å². The van der Waals surface area contributed by atoms with Crippen molar-refractivity contribution in [3.63, 3.8) is 0 Å². The molecule has 0 aliphatic rings. The number of aromatic carboxylic acids is 1. The standard InChI is InChI=1S/C15H16O4S/c1-3-18-12-6-5-10(7-13(12)19-4-2)14-8-11(9-20-14)15(16)17/h5-9H,3-4H2,1-2H3,(H,16,17). The molecule has 2 aromatic rings. The molecule has 0 radical (unpaired) electrons. The molecule has 1 N–H and O–H groups in total. The van der Waals surface area contributed by atoms with Crippen LogP contribution in [0.5, 0.6) is 11.5 Å². The van der Waals surface area contributed by atoms with Crippen LogP contribution in [0.25, 0.3) is 10.4 Å². The Kier molecular flexibility index (Phi) is 4.63. The van der Waals surface area contributed by atoms with E-state index in [0.29, 0.717) is 30.3 Å². The molecule has 0 amide bonds. The van der Waals surface area contributed by atoms with Crippen molar-refractivity contribution < 1.29 is 19.4 Å². The van der Waals surface area contributed by atoms with E-state index in [2.05, 4.69) is 0 Å². The first-order valence-corrected chi connectivity index (χ1v) is 7.25. The Balaban J connectivity index is 2.36. The van der Waals surface area contributed by atoms with Crippen LogP contribution in [0.15, 0.2) is 29.6 Å². The van der Waals surface area contributed by atoms with Crippen molar-refractivity contribution in [2.45, 2.75) is 13.8 Å². The molecule has 106 valence electrons. The highest BCUT2D eigenvalue weighted by Crippen LogP contribution is 2.35. The number of hydrogen-bond acceptors (Lipinski definition) is 4. The summed E-state index contributed by atoms with van der Waals surface area (Å²) in [7, 11) is 0. The minimum atomic E-state index is -0.913. The summed E-state index contributed by atoms with van der Waals surface area (Å²) in [6.45, 7) is 4.95. The summed E-state index contributed by atoms with van der Waals surface area (Å²) in [5.41, 5.74) is 1.23. The Morgan fingerprint density at radius 2 is 1.85 bits per heavy atom. The molecule has 0 spiro atoms. The summed E-state index contributed by atoms with van der Waals surface area (Å²) in [5, 5.41) is 10.6. The van der Waals surface area contributed by atoms with E-state index in [0.717, 1.165) is 10.4 Å². The second-order valence-electron chi connectivity index (χ2n) is 4.03. The first kappa shape index (κ1) is 14.4. The molecular weight excluding hydrogens is 276 g/mol. The summed E-state index contributed by atoms with van der Waals surface area (Å²) < 4.78 is 11.1. The number of rotatable bonds is 6. The highest BCUT2D eigenvalue weighted by Gasteiger charge is 2.11. The zero-order chi connectivity index (χ0) is 14.5. The van der Waals surface area contributed by atoms with E-state index in [1.165, 1.54) is 11.3 Å². The maximum Gasteiger partial charge on any atom is 0.336 e. The van der Waals surface area contributed by atoms with Crippen molar-refractivity contribution in [1.29, 1.82) is 0 Å². The molecule has 0 fully saturated rings. The van der Waals surface area contributed by atoms with Gasteiger partial charge < -0.3 is 14.6 Å². The molecule has 0 aliphatic carbocycles. The third-order valence-electron chi connectivity index (χ3n) is 2.67. The first-order valence-electron chi connectivity index (χ1n) is 6.37. The van der Waals surface area contributed by atoms with Crippen LogP contribution in [0, 0.1) is 0 Å². The fraction of sp³-hybridized carbons (Fsp3) is 0.267. The summed E-state index contributed by atoms with van der Waals surface area (Å²) in [6.07, 6.45) is 0. The number of carbonyl (C=O) groups is 1. The minimum absolute atomic E-state index is 0.303. The average molecular weight is 292 g/mol. The fourth-order valence-corrected chi connectivity index (χ4v) is 2.68. The summed E-state index contributed by atoms with van der Waals surface area (Å²) in [6, 6.07) is 7.30. The van der Waals surface area contributed by atoms with Crippen LogP contribution >= 0.6 is 11.3 Å². The average Bonchev–Trinajstić information content (AvgIpc) is 2.91. The fourth-order valence-electron chi connectivity index (χ4n) is 1.80. The lowest BCUT2D eigenvalue weighted by Crippen LogP contribution is -1.98. The number of ether oxygens (including phenoxy) is 2. The molecule has 0 unspecified atom stereocenters. The normalized spacial score (nSPS) is 10.3. The van der Waals surface area contributed by atoms with Gasteiger partial charge in [-0.05, 0) is 43.7 Å². The van der Waals surface area contributed by atoms with Gasteiger partial charge in [-0.1, -0.05) is 0 Å². The van der Waals surface area contributed by atoms with Crippen molar-refractivity contribution in [3.05, 3.63) is 35.2 Å². The van der Waals surface area contributed by atoms with Crippen molar-refractivity contribution >= 4 is 17.3 Å². The number of carboxylic acids is 1. The quantitative estimate of drug-likeness (QED) is 0.877. The van der Waals surface area contributed by atoms with Gasteiger partial charge in [0.1, 0.15) is 0 Å². The van der Waals surface area contributed by atoms with E-state index in [9.17, 15) is 4.79 Å². The second kappa shape index (κ2) is 6.43. The molecule has 1 aromatic heterocycles. The molecule has 20 heavy (non-hydrogen) atoms. The van der Waals surface area contributed by atoms with Gasteiger partial charge in [0, 0.05) is 10.3 Å². The van der Waals surface area contributed by atoms with Gasteiger partial charge in [-0.15, -0.1) is 11.3 Å². The predicted octanol–water partition coefficient (Wildman–Crippen LogP) is 3.91. The second-order valence-corrected chi connectivity index (χ2v) is 4.94. The van der Waals surface area contributed by atoms with Crippen LogP contribution in [0.4, 0.5) is 0 Å². The number of hydrogen-bond donors (Lipinski definition) is 1. The van der Waals surface area contributed by atoms with Crippen molar-refractivity contribution in [1.82, 2.24) is 0 Å². The lowest BCUT2D eigenvalue weighted by Gasteiger charge is -2.11. The molecule has 2 rings (SSSR count). The van der Waals surface area contributed by atoms with Crippen molar-refractivity contribution in [3.8, 4) is 21.9 Å². The van der Waals surface area contributed by atoms with Gasteiger partial charge in [0.05, 0.1) is 18.8 Å². The van der Waals surface area contributed by atoms with Crippen LogP contribution < -0.4 is 9.47 Å². The van der Waals surface area contributed by atoms with Gasteiger partial charge >= 0.3 is 5.97 Å². The molecule has 0 saturated carbocycles. The molecule has 0 aliphatic heterocycles. The smallest absolute Gasteiger partial charge is 0.336 e. The summed E-state index contributed by atoms with van der Waals surface area (Å²) >= 11 is 1.40. The SMILES string of the molecule is CCOc1ccc(-c2cc(C(=O)O)cs2)cc1OCC. The van der Waals surface area contributed by atoms with E-state index in [-0.39, 0.29) is 0 Å². The van der Waals surface area contributed by atoms with Crippen molar-refractivity contribution in [2.24, 2.45) is 0 Å². The molecular formula is C15H16O4S. The van der Waals surface area contributed by atoms with Crippen LogP contribution in [0.2, 0.25) is 0 Å². The lowest BCUT2D eigenvalue weighted by molar-refractivity contribution is 0.0697. The van der Waals surface area contributed by atoms with Gasteiger partial charge in [0.25, 0.3) is 0 Å². The molecule has 4 nitrogen and oxygen atoms in total. The maximum atomic E-state index is 10.9. The van der Waals surface area contributed by atoms with E-state index >= 15 is 0 Å². The van der Waals surface area contributed by atoms with Crippen LogP contribution in [0.3, 0.4) is 0 Å². The molecule has 5 heteroatoms. The van der Waals surface area contributed by atoms with Crippen molar-refractivity contribution in [2.75, 3.05) is 13.2 Å². The highest BCUT2D eigenvalue weighted by molar-refractivity contribution is 7.13. The molecule has 1 heterocycles. The minimum Gasteiger partial charge on any atom is -0.490 e. The number of carboxylic acid groups (broad SMARTS) is 1. The van der Waals surface area contributed by atoms with E-state index in [4.69, 9.17) is 14.6 Å². The Bertz CT molecular complexity index is 604. The van der Waals surface area contributed by atoms with E-state index in [1.54, 1.807) is 11.4 Å². The lowest BCUT2D eigenvalue weighted by atomic mass is 10.1. The predicted molar refractivity (Wildman–Crippen MR) is 79.1 cm³/mol. The Morgan fingerprint density at radius 3 is 2.45 bits per heavy atom. The maximum absolute atomic E-state index is 10.9. The van der Waals surface area contributed by atoms with Gasteiger partial charge in [0.15, 0.2) is 11.5 Å². The Labute approximate surface area is 121 Å². The largest absolute Gasteiger partial charge is 0.490 e. The van der Waals surface area contributed by atoms with E-state index < -0.39 is 5.97 Å². The number of thiophene rings is 1. The molecule has 1 aromatic carbocycles. The van der Waals surface area contributed by atoms with Crippen LogP contribution in [0.1, 0.15) is 24.2 Å². The molecule has 0 atom stereocenters. The zero-order valence-electron chi connectivity index (χ0n) is 11.4. The highest BCUT2D eigenvalue weighted by atomic mass is 32.1. The Morgan fingerprint density at radius 1 is 1.15 bits per heavy atom. The molecule has 0 bridgehead atoms. The van der Waals surface area contributed by atoms with Gasteiger partial charge in [0.2, 0.25) is 0 Å². The first-order chi connectivity index (χ1) is 9.65. The third-order valence-corrected chi connectivity index (χ3v) is 3.65. The summed E-state index contributed by atoms with van der Waals surface area (Å²) in [4.78, 5) is 11.8.